The molecule has 4 aromatic rings. The van der Waals surface area contributed by atoms with Crippen LogP contribution in [0.1, 0.15) is 28.9 Å². The summed E-state index contributed by atoms with van der Waals surface area (Å²) in [5.41, 5.74) is 2.17. The van der Waals surface area contributed by atoms with Gasteiger partial charge in [-0.1, -0.05) is 42.5 Å². The lowest BCUT2D eigenvalue weighted by atomic mass is 9.90. The normalized spacial score (nSPS) is 19.5. The van der Waals surface area contributed by atoms with Gasteiger partial charge < -0.3 is 14.2 Å². The van der Waals surface area contributed by atoms with Crippen LogP contribution in [0.2, 0.25) is 0 Å². The minimum absolute atomic E-state index is 0.224. The molecule has 2 amide bonds. The molecule has 42 heavy (non-hydrogen) atoms. The van der Waals surface area contributed by atoms with Gasteiger partial charge in [0, 0.05) is 0 Å². The van der Waals surface area contributed by atoms with Crippen molar-refractivity contribution >= 4 is 29.2 Å². The van der Waals surface area contributed by atoms with Crippen molar-refractivity contribution in [1.82, 2.24) is 0 Å². The number of fused-ring (bicyclic) bond motifs is 1. The van der Waals surface area contributed by atoms with Crippen LogP contribution in [0, 0.1) is 5.92 Å². The quantitative estimate of drug-likeness (QED) is 0.160. The lowest BCUT2D eigenvalue weighted by Crippen LogP contribution is -2.37. The second kappa shape index (κ2) is 11.4. The number of methoxy groups -OCH3 is 1. The Morgan fingerprint density at radius 3 is 2.17 bits per heavy atom. The first-order valence-corrected chi connectivity index (χ1v) is 13.6. The highest BCUT2D eigenvalue weighted by atomic mass is 16.7. The smallest absolute Gasteiger partial charge is 0.343 e. The third kappa shape index (κ3) is 4.84. The number of imide groups is 1. The zero-order chi connectivity index (χ0) is 29.2. The average molecular weight is 565 g/mol. The first-order valence-electron chi connectivity index (χ1n) is 13.6. The fourth-order valence-corrected chi connectivity index (χ4v) is 5.35. The summed E-state index contributed by atoms with van der Waals surface area (Å²) in [5, 5.41) is 1.60. The molecule has 0 radical (unpaired) electrons. The van der Waals surface area contributed by atoms with Crippen LogP contribution < -0.4 is 24.2 Å². The second-order valence-electron chi connectivity index (χ2n) is 9.76. The lowest BCUT2D eigenvalue weighted by Gasteiger charge is -2.29. The van der Waals surface area contributed by atoms with Crippen molar-refractivity contribution in [3.05, 3.63) is 114 Å². The van der Waals surface area contributed by atoms with Crippen LogP contribution in [0.3, 0.4) is 0 Å². The van der Waals surface area contributed by atoms with Gasteiger partial charge in [-0.2, -0.15) is 0 Å². The molecule has 9 heteroatoms. The Kier molecular flexibility index (Phi) is 7.33. The molecule has 2 aliphatic rings. The monoisotopic (exact) mass is 564 g/mol. The fourth-order valence-electron chi connectivity index (χ4n) is 5.35. The molecule has 0 bridgehead atoms. The molecule has 2 aliphatic heterocycles. The van der Waals surface area contributed by atoms with Gasteiger partial charge in [-0.25, -0.2) is 14.8 Å². The number of hydrogen-bond donors (Lipinski definition) is 0. The van der Waals surface area contributed by atoms with Crippen molar-refractivity contribution in [1.29, 1.82) is 0 Å². The van der Waals surface area contributed by atoms with Crippen molar-refractivity contribution in [2.45, 2.75) is 19.1 Å². The summed E-state index contributed by atoms with van der Waals surface area (Å²) < 4.78 is 16.7. The van der Waals surface area contributed by atoms with Gasteiger partial charge in [-0.15, -0.1) is 0 Å². The van der Waals surface area contributed by atoms with E-state index in [0.717, 1.165) is 0 Å². The minimum atomic E-state index is -1.03. The highest BCUT2D eigenvalue weighted by Crippen LogP contribution is 2.48. The summed E-state index contributed by atoms with van der Waals surface area (Å²) in [7, 11) is 1.47. The SMILES string of the molecule is CCOc1ccc(N2C(=O)[C@@H]3[C@@H](c4ccc(OC(=O)c5ccccc5)c(OC)c4)N(c4ccccc4)O[C@H]3C2=O)cc1. The average Bonchev–Trinajstić information content (AvgIpc) is 3.54. The molecule has 3 atom stereocenters. The Bertz CT molecular complexity index is 1610. The van der Waals surface area contributed by atoms with Crippen LogP contribution in [-0.4, -0.2) is 37.6 Å². The van der Waals surface area contributed by atoms with E-state index in [2.05, 4.69) is 0 Å². The Balaban J connectivity index is 1.35. The molecule has 0 aliphatic carbocycles. The zero-order valence-corrected chi connectivity index (χ0v) is 23.0. The van der Waals surface area contributed by atoms with Gasteiger partial charge in [0.25, 0.3) is 5.91 Å². The van der Waals surface area contributed by atoms with E-state index in [1.807, 2.05) is 43.3 Å². The van der Waals surface area contributed by atoms with Gasteiger partial charge in [-0.05, 0) is 73.2 Å². The molecule has 2 heterocycles. The van der Waals surface area contributed by atoms with E-state index >= 15 is 0 Å². The summed E-state index contributed by atoms with van der Waals surface area (Å²) in [5.74, 6) is -1.03. The fraction of sp³-hybridized carbons (Fsp3) is 0.182. The number of carbonyl (C=O) groups excluding carboxylic acids is 3. The van der Waals surface area contributed by atoms with Gasteiger partial charge in [-0.3, -0.25) is 14.4 Å². The number of hydrogen-bond acceptors (Lipinski definition) is 8. The molecule has 4 aromatic carbocycles. The predicted molar refractivity (Wildman–Crippen MR) is 155 cm³/mol. The van der Waals surface area contributed by atoms with E-state index in [1.54, 1.807) is 71.8 Å². The molecule has 212 valence electrons. The number of esters is 1. The highest BCUT2D eigenvalue weighted by molar-refractivity contribution is 6.24. The van der Waals surface area contributed by atoms with Crippen molar-refractivity contribution in [3.8, 4) is 17.2 Å². The molecule has 6 rings (SSSR count). The van der Waals surface area contributed by atoms with E-state index in [4.69, 9.17) is 19.0 Å². The topological polar surface area (TPSA) is 94.6 Å². The Morgan fingerprint density at radius 2 is 1.50 bits per heavy atom. The molecule has 2 saturated heterocycles. The molecule has 0 aromatic heterocycles. The summed E-state index contributed by atoms with van der Waals surface area (Å²) >= 11 is 0. The first kappa shape index (κ1) is 27.0. The Hall–Kier alpha value is -5.15. The van der Waals surface area contributed by atoms with Gasteiger partial charge in [0.1, 0.15) is 11.7 Å². The molecule has 0 N–H and O–H groups in total. The third-order valence-corrected chi connectivity index (χ3v) is 7.27. The number of nitrogens with zero attached hydrogens (tertiary/aromatic N) is 2. The van der Waals surface area contributed by atoms with Crippen molar-refractivity contribution in [2.24, 2.45) is 5.92 Å². The maximum absolute atomic E-state index is 14.0. The van der Waals surface area contributed by atoms with Crippen molar-refractivity contribution in [3.63, 3.8) is 0 Å². The number of para-hydroxylation sites is 1. The van der Waals surface area contributed by atoms with Crippen LogP contribution in [0.5, 0.6) is 17.2 Å². The van der Waals surface area contributed by atoms with Gasteiger partial charge in [0.05, 0.1) is 36.7 Å². The molecule has 0 unspecified atom stereocenters. The third-order valence-electron chi connectivity index (χ3n) is 7.27. The van der Waals surface area contributed by atoms with Crippen molar-refractivity contribution in [2.75, 3.05) is 23.7 Å². The number of hydroxylamine groups is 1. The van der Waals surface area contributed by atoms with E-state index in [9.17, 15) is 14.4 Å². The van der Waals surface area contributed by atoms with Crippen LogP contribution >= 0.6 is 0 Å². The van der Waals surface area contributed by atoms with Gasteiger partial charge in [0.15, 0.2) is 17.6 Å². The number of amides is 2. The summed E-state index contributed by atoms with van der Waals surface area (Å²) in [4.78, 5) is 47.7. The zero-order valence-electron chi connectivity index (χ0n) is 23.0. The number of rotatable bonds is 8. The summed E-state index contributed by atoms with van der Waals surface area (Å²) in [6.07, 6.45) is -1.03. The number of anilines is 2. The largest absolute Gasteiger partial charge is 0.494 e. The van der Waals surface area contributed by atoms with Gasteiger partial charge >= 0.3 is 5.97 Å². The van der Waals surface area contributed by atoms with E-state index in [1.165, 1.54) is 12.0 Å². The summed E-state index contributed by atoms with van der Waals surface area (Å²) in [6, 6.07) is 29.1. The maximum Gasteiger partial charge on any atom is 0.343 e. The van der Waals surface area contributed by atoms with Gasteiger partial charge in [0.2, 0.25) is 5.91 Å². The van der Waals surface area contributed by atoms with E-state index < -0.39 is 29.9 Å². The van der Waals surface area contributed by atoms with E-state index in [-0.39, 0.29) is 11.7 Å². The van der Waals surface area contributed by atoms with Crippen molar-refractivity contribution < 1.29 is 33.4 Å². The Morgan fingerprint density at radius 1 is 0.810 bits per heavy atom. The molecule has 2 fully saturated rings. The molecular formula is C33H28N2O7. The molecule has 0 spiro atoms. The predicted octanol–water partition coefficient (Wildman–Crippen LogP) is 5.36. The molecule has 0 saturated carbocycles. The second-order valence-corrected chi connectivity index (χ2v) is 9.76. The van der Waals surface area contributed by atoms with Crippen LogP contribution in [0.4, 0.5) is 11.4 Å². The number of carbonyl (C=O) groups is 3. The lowest BCUT2D eigenvalue weighted by molar-refractivity contribution is -0.126. The number of benzene rings is 4. The highest BCUT2D eigenvalue weighted by Gasteiger charge is 2.60. The summed E-state index contributed by atoms with van der Waals surface area (Å²) in [6.45, 7) is 2.39. The minimum Gasteiger partial charge on any atom is -0.494 e. The van der Waals surface area contributed by atoms with Crippen LogP contribution in [0.15, 0.2) is 103 Å². The number of ether oxygens (including phenoxy) is 3. The molecular weight excluding hydrogens is 536 g/mol. The van der Waals surface area contributed by atoms with Crippen LogP contribution in [-0.2, 0) is 14.4 Å². The standard InChI is InChI=1S/C33H28N2O7/c1-3-40-25-17-15-23(16-18-25)34-31(36)28-29(35(42-30(28)32(34)37)24-12-8-5-9-13-24)22-14-19-26(27(20-22)39-2)41-33(38)21-10-6-4-7-11-21/h4-20,28-30H,3H2,1-2H3/t28-,29-,30-/m1/s1. The maximum atomic E-state index is 14.0. The first-order chi connectivity index (χ1) is 20.5. The Labute approximate surface area is 242 Å². The molecule has 9 nitrogen and oxygen atoms in total. The van der Waals surface area contributed by atoms with E-state index in [0.29, 0.717) is 40.6 Å². The van der Waals surface area contributed by atoms with Crippen LogP contribution in [0.25, 0.3) is 0 Å².